The third-order valence-corrected chi connectivity index (χ3v) is 5.67. The molecule has 2 aromatic heterocycles. The molecule has 3 heterocycles. The number of oxazole rings is 1. The van der Waals surface area contributed by atoms with Crippen LogP contribution in [-0.2, 0) is 16.9 Å². The molecule has 1 fully saturated rings. The Kier molecular flexibility index (Phi) is 5.34. The summed E-state index contributed by atoms with van der Waals surface area (Å²) in [5.74, 6) is -1.46. The van der Waals surface area contributed by atoms with E-state index in [2.05, 4.69) is 20.3 Å². The number of ether oxygens (including phenoxy) is 2. The van der Waals surface area contributed by atoms with Crippen LogP contribution in [0.25, 0.3) is 0 Å². The summed E-state index contributed by atoms with van der Waals surface area (Å²) in [6, 6.07) is 5.94. The topological polar surface area (TPSA) is 125 Å². The Hall–Kier alpha value is -4.09. The maximum absolute atomic E-state index is 14.7. The summed E-state index contributed by atoms with van der Waals surface area (Å²) in [7, 11) is 0. The van der Waals surface area contributed by atoms with Gasteiger partial charge in [0.05, 0.1) is 12.4 Å². The van der Waals surface area contributed by atoms with Crippen molar-refractivity contribution in [2.45, 2.75) is 31.1 Å². The second kappa shape index (κ2) is 8.36. The van der Waals surface area contributed by atoms with Crippen LogP contribution in [-0.4, -0.2) is 34.4 Å². The van der Waals surface area contributed by atoms with Gasteiger partial charge < -0.3 is 24.9 Å². The third-order valence-electron chi connectivity index (χ3n) is 5.67. The number of amidine groups is 1. The van der Waals surface area contributed by atoms with Gasteiger partial charge in [-0.1, -0.05) is 0 Å². The number of carbonyl (C=O) groups excluding carboxylic acids is 1. The maximum Gasteiger partial charge on any atom is 0.283 e. The van der Waals surface area contributed by atoms with Crippen molar-refractivity contribution >= 4 is 17.6 Å². The van der Waals surface area contributed by atoms with E-state index >= 15 is 0 Å². The van der Waals surface area contributed by atoms with E-state index in [0.29, 0.717) is 11.6 Å². The molecule has 1 saturated carbocycles. The van der Waals surface area contributed by atoms with Crippen LogP contribution < -0.4 is 15.8 Å². The summed E-state index contributed by atoms with van der Waals surface area (Å²) in [6.45, 7) is 0.0877. The predicted octanol–water partition coefficient (Wildman–Crippen LogP) is 3.23. The van der Waals surface area contributed by atoms with Crippen molar-refractivity contribution < 1.29 is 31.9 Å². The Bertz CT molecular complexity index is 1240. The minimum atomic E-state index is -3.03. The lowest BCUT2D eigenvalue weighted by Gasteiger charge is -2.33. The van der Waals surface area contributed by atoms with E-state index in [9.17, 15) is 18.0 Å². The Labute approximate surface area is 190 Å². The van der Waals surface area contributed by atoms with Gasteiger partial charge in [0.15, 0.2) is 12.1 Å². The molecule has 3 N–H and O–H groups in total. The van der Waals surface area contributed by atoms with Crippen molar-refractivity contribution in [1.29, 1.82) is 0 Å². The molecule has 1 aromatic carbocycles. The molecule has 0 saturated heterocycles. The first kappa shape index (κ1) is 21.7. The van der Waals surface area contributed by atoms with Gasteiger partial charge in [0.2, 0.25) is 5.89 Å². The number of nitrogens with zero attached hydrogens (tertiary/aromatic N) is 3. The van der Waals surface area contributed by atoms with E-state index in [0.717, 1.165) is 12.1 Å². The molecule has 0 radical (unpaired) electrons. The van der Waals surface area contributed by atoms with Crippen LogP contribution >= 0.6 is 0 Å². The maximum atomic E-state index is 14.7. The average Bonchev–Trinajstić information content (AvgIpc) is 3.41. The number of aliphatic imine (C=N–C) groups is 1. The number of nitrogens with two attached hydrogens (primary N) is 1. The van der Waals surface area contributed by atoms with Gasteiger partial charge in [-0.2, -0.15) is 0 Å². The predicted molar refractivity (Wildman–Crippen MR) is 112 cm³/mol. The first-order valence-electron chi connectivity index (χ1n) is 10.3. The first-order chi connectivity index (χ1) is 16.4. The quantitative estimate of drug-likeness (QED) is 0.540. The molecular formula is C22H18F3N5O4. The summed E-state index contributed by atoms with van der Waals surface area (Å²) < 4.78 is 58.9. The molecule has 2 aliphatic rings. The molecule has 1 aliphatic carbocycles. The van der Waals surface area contributed by atoms with Gasteiger partial charge in [-0.05, 0) is 36.8 Å². The number of anilines is 1. The van der Waals surface area contributed by atoms with Crippen molar-refractivity contribution in [3.05, 3.63) is 72.0 Å². The van der Waals surface area contributed by atoms with Gasteiger partial charge in [-0.15, -0.1) is 0 Å². The second-order valence-electron chi connectivity index (χ2n) is 7.82. The Morgan fingerprint density at radius 1 is 1.29 bits per heavy atom. The van der Waals surface area contributed by atoms with Crippen molar-refractivity contribution in [2.75, 3.05) is 5.32 Å². The molecule has 0 unspecified atom stereocenters. The molecule has 34 heavy (non-hydrogen) atoms. The van der Waals surface area contributed by atoms with Gasteiger partial charge in [0.25, 0.3) is 18.4 Å². The van der Waals surface area contributed by atoms with Crippen LogP contribution in [0, 0.1) is 11.7 Å². The summed E-state index contributed by atoms with van der Waals surface area (Å²) in [6.07, 6.45) is 0.945. The number of nitrogens with one attached hydrogen (secondary N) is 1. The highest BCUT2D eigenvalue weighted by molar-refractivity contribution is 6.02. The molecule has 0 bridgehead atoms. The number of alkyl halides is 2. The van der Waals surface area contributed by atoms with Crippen LogP contribution in [0.15, 0.2) is 58.4 Å². The molecular weight excluding hydrogens is 455 g/mol. The number of rotatable bonds is 7. The van der Waals surface area contributed by atoms with Crippen molar-refractivity contribution in [1.82, 2.24) is 9.97 Å². The highest BCUT2D eigenvalue weighted by Crippen LogP contribution is 2.56. The number of carbonyl (C=O) groups is 1. The lowest BCUT2D eigenvalue weighted by atomic mass is 9.84. The summed E-state index contributed by atoms with van der Waals surface area (Å²) >= 11 is 0. The molecule has 9 nitrogen and oxygen atoms in total. The number of amides is 1. The normalized spacial score (nSPS) is 23.0. The fourth-order valence-electron chi connectivity index (χ4n) is 3.97. The SMILES string of the molecule is NC1=N[C@@](c2cc(NC(=O)c3ccc(OCc4ncco4)cn3)ccc2F)(C(F)F)[C@H]2C[C@H]2O1. The number of fused-ring (bicyclic) bond motifs is 1. The number of benzene rings is 1. The van der Waals surface area contributed by atoms with Gasteiger partial charge in [-0.3, -0.25) is 4.79 Å². The molecule has 12 heteroatoms. The molecule has 176 valence electrons. The van der Waals surface area contributed by atoms with Crippen LogP contribution in [0.1, 0.15) is 28.4 Å². The average molecular weight is 473 g/mol. The lowest BCUT2D eigenvalue weighted by Crippen LogP contribution is -2.43. The van der Waals surface area contributed by atoms with Crippen molar-refractivity contribution in [3.63, 3.8) is 0 Å². The number of hydrogen-bond donors (Lipinski definition) is 2. The minimum absolute atomic E-state index is 0.0357. The Morgan fingerprint density at radius 2 is 2.15 bits per heavy atom. The third kappa shape index (κ3) is 3.91. The molecule has 5 rings (SSSR count). The first-order valence-corrected chi connectivity index (χ1v) is 10.3. The molecule has 1 aliphatic heterocycles. The van der Waals surface area contributed by atoms with Crippen molar-refractivity contribution in [2.24, 2.45) is 16.6 Å². The number of pyridine rings is 1. The zero-order valence-corrected chi connectivity index (χ0v) is 17.5. The van der Waals surface area contributed by atoms with E-state index in [4.69, 9.17) is 19.6 Å². The number of aromatic nitrogens is 2. The van der Waals surface area contributed by atoms with Crippen LogP contribution in [0.3, 0.4) is 0 Å². The van der Waals surface area contributed by atoms with Crippen LogP contribution in [0.5, 0.6) is 5.75 Å². The van der Waals surface area contributed by atoms with Gasteiger partial charge in [0.1, 0.15) is 29.6 Å². The molecule has 3 aromatic rings. The zero-order chi connectivity index (χ0) is 23.9. The molecule has 0 spiro atoms. The van der Waals surface area contributed by atoms with Crippen molar-refractivity contribution in [3.8, 4) is 5.75 Å². The van der Waals surface area contributed by atoms with E-state index in [-0.39, 0.29) is 30.0 Å². The fraction of sp³-hybridized carbons (Fsp3) is 0.273. The van der Waals surface area contributed by atoms with Gasteiger partial charge >= 0.3 is 0 Å². The number of hydrogen-bond acceptors (Lipinski definition) is 8. The molecule has 3 atom stereocenters. The minimum Gasteiger partial charge on any atom is -0.482 e. The largest absolute Gasteiger partial charge is 0.482 e. The van der Waals surface area contributed by atoms with E-state index in [1.807, 2.05) is 0 Å². The van der Waals surface area contributed by atoms with Crippen LogP contribution in [0.4, 0.5) is 18.9 Å². The monoisotopic (exact) mass is 473 g/mol. The smallest absolute Gasteiger partial charge is 0.283 e. The standard InChI is InChI=1S/C22H18F3N5O4/c23-15-3-1-11(7-13(15)22(20(24)25)14-8-17(14)34-21(26)30-22)29-19(31)16-4-2-12(9-28-16)33-10-18-27-5-6-32-18/h1-7,9,14,17,20H,8,10H2,(H2,26,30)(H,29,31)/t14-,17+,22+/m0/s1. The highest BCUT2D eigenvalue weighted by atomic mass is 19.3. The second-order valence-corrected chi connectivity index (χ2v) is 7.82. The van der Waals surface area contributed by atoms with Gasteiger partial charge in [-0.25, -0.2) is 28.1 Å². The van der Waals surface area contributed by atoms with Gasteiger partial charge in [0, 0.05) is 17.2 Å². The van der Waals surface area contributed by atoms with Crippen LogP contribution in [0.2, 0.25) is 0 Å². The lowest BCUT2D eigenvalue weighted by molar-refractivity contribution is 0.0177. The number of halogens is 3. The summed E-state index contributed by atoms with van der Waals surface area (Å²) in [4.78, 5) is 24.4. The molecule has 1 amide bonds. The Balaban J connectivity index is 1.34. The van der Waals surface area contributed by atoms with E-state index < -0.39 is 41.7 Å². The summed E-state index contributed by atoms with van der Waals surface area (Å²) in [5, 5.41) is 2.54. The van der Waals surface area contributed by atoms with E-state index in [1.165, 1.54) is 36.9 Å². The Morgan fingerprint density at radius 3 is 2.85 bits per heavy atom. The fourth-order valence-corrected chi connectivity index (χ4v) is 3.97. The summed E-state index contributed by atoms with van der Waals surface area (Å²) in [5.41, 5.74) is 3.18. The van der Waals surface area contributed by atoms with E-state index in [1.54, 1.807) is 0 Å². The highest BCUT2D eigenvalue weighted by Gasteiger charge is 2.64. The zero-order valence-electron chi connectivity index (χ0n) is 17.5.